The highest BCUT2D eigenvalue weighted by Crippen LogP contribution is 2.12. The quantitative estimate of drug-likeness (QED) is 0.222. The number of aromatic nitrogens is 2. The molecule has 2 N–H and O–H groups in total. The van der Waals surface area contributed by atoms with E-state index in [1.807, 2.05) is 11.6 Å². The molecule has 2 heterocycles. The van der Waals surface area contributed by atoms with Crippen molar-refractivity contribution in [1.82, 2.24) is 20.4 Å². The largest absolute Gasteiger partial charge is 0.383 e. The molecule has 27 heavy (non-hydrogen) atoms. The van der Waals surface area contributed by atoms with E-state index in [0.717, 1.165) is 63.1 Å². The SMILES string of the molecule is CN=C(NCCCOC1CCOC1)NCc1c(C)nn(CCOC)c1C.I. The summed E-state index contributed by atoms with van der Waals surface area (Å²) in [5, 5.41) is 11.3. The van der Waals surface area contributed by atoms with E-state index in [1.54, 1.807) is 14.2 Å². The van der Waals surface area contributed by atoms with Gasteiger partial charge >= 0.3 is 0 Å². The maximum absolute atomic E-state index is 5.77. The Labute approximate surface area is 179 Å². The zero-order valence-corrected chi connectivity index (χ0v) is 19.2. The van der Waals surface area contributed by atoms with Gasteiger partial charge in [-0.15, -0.1) is 24.0 Å². The molecule has 0 spiro atoms. The molecule has 2 rings (SSSR count). The van der Waals surface area contributed by atoms with E-state index in [4.69, 9.17) is 14.2 Å². The summed E-state index contributed by atoms with van der Waals surface area (Å²) in [4.78, 5) is 4.28. The molecule has 0 radical (unpaired) electrons. The van der Waals surface area contributed by atoms with Crippen LogP contribution in [0.15, 0.2) is 4.99 Å². The van der Waals surface area contributed by atoms with E-state index in [0.29, 0.717) is 13.2 Å². The van der Waals surface area contributed by atoms with Gasteiger partial charge < -0.3 is 24.8 Å². The Morgan fingerprint density at radius 2 is 2.15 bits per heavy atom. The summed E-state index contributed by atoms with van der Waals surface area (Å²) in [7, 11) is 3.49. The molecule has 8 nitrogen and oxygen atoms in total. The van der Waals surface area contributed by atoms with Crippen molar-refractivity contribution in [3.8, 4) is 0 Å². The number of halogens is 1. The van der Waals surface area contributed by atoms with Crippen LogP contribution in [0.5, 0.6) is 0 Å². The fourth-order valence-electron chi connectivity index (χ4n) is 2.95. The third kappa shape index (κ3) is 7.92. The molecular formula is C18H34IN5O3. The van der Waals surface area contributed by atoms with Gasteiger partial charge in [-0.3, -0.25) is 9.67 Å². The number of nitrogens with one attached hydrogen (secondary N) is 2. The minimum Gasteiger partial charge on any atom is -0.383 e. The van der Waals surface area contributed by atoms with Crippen molar-refractivity contribution in [2.24, 2.45) is 4.99 Å². The molecule has 1 aliphatic heterocycles. The van der Waals surface area contributed by atoms with Crippen molar-refractivity contribution in [2.75, 3.05) is 47.1 Å². The normalized spacial score (nSPS) is 17.0. The Hall–Kier alpha value is -0.910. The molecule has 1 aromatic rings. The molecule has 0 amide bonds. The lowest BCUT2D eigenvalue weighted by atomic mass is 10.2. The fraction of sp³-hybridized carbons (Fsp3) is 0.778. The Morgan fingerprint density at radius 1 is 1.33 bits per heavy atom. The molecule has 1 aromatic heterocycles. The first-order valence-corrected chi connectivity index (χ1v) is 9.31. The van der Waals surface area contributed by atoms with E-state index < -0.39 is 0 Å². The zero-order chi connectivity index (χ0) is 18.8. The number of ether oxygens (including phenoxy) is 3. The Balaban J connectivity index is 0.00000364. The number of hydrogen-bond donors (Lipinski definition) is 2. The standard InChI is InChI=1S/C18H33N5O3.HI/c1-14-17(15(2)23(22-14)8-11-24-4)12-21-18(19-3)20-7-5-9-26-16-6-10-25-13-16;/h16H,5-13H2,1-4H3,(H2,19,20,21);1H. The summed E-state index contributed by atoms with van der Waals surface area (Å²) >= 11 is 0. The number of aliphatic imine (C=N–C) groups is 1. The third-order valence-electron chi connectivity index (χ3n) is 4.55. The lowest BCUT2D eigenvalue weighted by molar-refractivity contribution is 0.0420. The average Bonchev–Trinajstić information content (AvgIpc) is 3.24. The Morgan fingerprint density at radius 3 is 2.81 bits per heavy atom. The van der Waals surface area contributed by atoms with Gasteiger partial charge in [0.25, 0.3) is 0 Å². The van der Waals surface area contributed by atoms with Crippen LogP contribution in [0.25, 0.3) is 0 Å². The molecule has 1 aliphatic rings. The molecule has 156 valence electrons. The maximum Gasteiger partial charge on any atom is 0.191 e. The summed E-state index contributed by atoms with van der Waals surface area (Å²) < 4.78 is 18.2. The predicted octanol–water partition coefficient (Wildman–Crippen LogP) is 1.62. The number of nitrogens with zero attached hydrogens (tertiary/aromatic N) is 3. The second kappa shape index (κ2) is 13.3. The van der Waals surface area contributed by atoms with Crippen molar-refractivity contribution in [3.63, 3.8) is 0 Å². The Bertz CT molecular complexity index is 574. The lowest BCUT2D eigenvalue weighted by Crippen LogP contribution is -2.37. The molecule has 1 atom stereocenters. The van der Waals surface area contributed by atoms with Crippen LogP contribution in [0.2, 0.25) is 0 Å². The van der Waals surface area contributed by atoms with E-state index >= 15 is 0 Å². The average molecular weight is 495 g/mol. The van der Waals surface area contributed by atoms with E-state index in [1.165, 1.54) is 5.56 Å². The van der Waals surface area contributed by atoms with Crippen LogP contribution in [0.3, 0.4) is 0 Å². The summed E-state index contributed by atoms with van der Waals surface area (Å²) in [6, 6.07) is 0. The number of hydrogen-bond acceptors (Lipinski definition) is 5. The van der Waals surface area contributed by atoms with Crippen molar-refractivity contribution in [3.05, 3.63) is 17.0 Å². The number of methoxy groups -OCH3 is 1. The van der Waals surface area contributed by atoms with Crippen molar-refractivity contribution >= 4 is 29.9 Å². The number of rotatable bonds is 10. The molecule has 0 bridgehead atoms. The highest BCUT2D eigenvalue weighted by molar-refractivity contribution is 14.0. The second-order valence-corrected chi connectivity index (χ2v) is 6.43. The minimum atomic E-state index is 0. The van der Waals surface area contributed by atoms with E-state index in [-0.39, 0.29) is 30.1 Å². The molecular weight excluding hydrogens is 461 g/mol. The molecule has 9 heteroatoms. The molecule has 0 aromatic carbocycles. The summed E-state index contributed by atoms with van der Waals surface area (Å²) in [5.41, 5.74) is 3.40. The molecule has 0 aliphatic carbocycles. The molecule has 1 unspecified atom stereocenters. The van der Waals surface area contributed by atoms with Gasteiger partial charge in [-0.2, -0.15) is 5.10 Å². The third-order valence-corrected chi connectivity index (χ3v) is 4.55. The first-order valence-electron chi connectivity index (χ1n) is 9.31. The van der Waals surface area contributed by atoms with Crippen molar-refractivity contribution < 1.29 is 14.2 Å². The summed E-state index contributed by atoms with van der Waals surface area (Å²) in [6.45, 7) is 9.35. The first kappa shape index (κ1) is 24.1. The van der Waals surface area contributed by atoms with Crippen LogP contribution in [-0.4, -0.2) is 69.0 Å². The van der Waals surface area contributed by atoms with E-state index in [2.05, 4.69) is 27.6 Å². The number of guanidine groups is 1. The second-order valence-electron chi connectivity index (χ2n) is 6.43. The fourth-order valence-corrected chi connectivity index (χ4v) is 2.95. The smallest absolute Gasteiger partial charge is 0.191 e. The molecule has 0 saturated carbocycles. The summed E-state index contributed by atoms with van der Waals surface area (Å²) in [6.07, 6.45) is 2.21. The van der Waals surface area contributed by atoms with Gasteiger partial charge in [-0.25, -0.2) is 0 Å². The predicted molar refractivity (Wildman–Crippen MR) is 117 cm³/mol. The monoisotopic (exact) mass is 495 g/mol. The minimum absolute atomic E-state index is 0. The van der Waals surface area contributed by atoms with Gasteiger partial charge in [0.15, 0.2) is 5.96 Å². The van der Waals surface area contributed by atoms with Crippen LogP contribution in [0, 0.1) is 13.8 Å². The van der Waals surface area contributed by atoms with Gasteiger partial charge in [-0.05, 0) is 26.7 Å². The van der Waals surface area contributed by atoms with Gasteiger partial charge in [0.05, 0.1) is 31.6 Å². The molecule has 1 fully saturated rings. The summed E-state index contributed by atoms with van der Waals surface area (Å²) in [5.74, 6) is 0.789. The first-order chi connectivity index (χ1) is 12.7. The van der Waals surface area contributed by atoms with Crippen LogP contribution in [0.4, 0.5) is 0 Å². The van der Waals surface area contributed by atoms with Crippen LogP contribution in [-0.2, 0) is 27.3 Å². The highest BCUT2D eigenvalue weighted by Gasteiger charge is 2.15. The van der Waals surface area contributed by atoms with Gasteiger partial charge in [0.2, 0.25) is 0 Å². The number of aryl methyl sites for hydroxylation is 1. The van der Waals surface area contributed by atoms with Gasteiger partial charge in [0, 0.05) is 51.7 Å². The van der Waals surface area contributed by atoms with Crippen molar-refractivity contribution in [1.29, 1.82) is 0 Å². The van der Waals surface area contributed by atoms with Crippen molar-refractivity contribution in [2.45, 2.75) is 45.9 Å². The van der Waals surface area contributed by atoms with Crippen LogP contribution < -0.4 is 10.6 Å². The lowest BCUT2D eigenvalue weighted by Gasteiger charge is -2.13. The maximum atomic E-state index is 5.77. The topological polar surface area (TPSA) is 81.9 Å². The highest BCUT2D eigenvalue weighted by atomic mass is 127. The Kier molecular flexibility index (Phi) is 11.9. The van der Waals surface area contributed by atoms with Crippen LogP contribution in [0.1, 0.15) is 29.8 Å². The van der Waals surface area contributed by atoms with Gasteiger partial charge in [-0.1, -0.05) is 0 Å². The zero-order valence-electron chi connectivity index (χ0n) is 16.9. The van der Waals surface area contributed by atoms with Crippen LogP contribution >= 0.6 is 24.0 Å². The van der Waals surface area contributed by atoms with E-state index in [9.17, 15) is 0 Å². The molecule has 1 saturated heterocycles. The van der Waals surface area contributed by atoms with Gasteiger partial charge in [0.1, 0.15) is 0 Å².